The zero-order valence-corrected chi connectivity index (χ0v) is 19.8. The van der Waals surface area contributed by atoms with Crippen molar-refractivity contribution >= 4 is 16.8 Å². The van der Waals surface area contributed by atoms with E-state index in [0.29, 0.717) is 25.3 Å². The zero-order valence-electron chi connectivity index (χ0n) is 19.8. The predicted molar refractivity (Wildman–Crippen MR) is 136 cm³/mol. The van der Waals surface area contributed by atoms with E-state index in [0.717, 1.165) is 53.3 Å². The number of para-hydroxylation sites is 1. The quantitative estimate of drug-likeness (QED) is 0.406. The highest BCUT2D eigenvalue weighted by Gasteiger charge is 2.24. The van der Waals surface area contributed by atoms with E-state index < -0.39 is 0 Å². The number of rotatable bonds is 7. The first-order valence-corrected chi connectivity index (χ1v) is 11.8. The summed E-state index contributed by atoms with van der Waals surface area (Å²) >= 11 is 0. The number of pyridine rings is 2. The lowest BCUT2D eigenvalue weighted by Gasteiger charge is -2.34. The van der Waals surface area contributed by atoms with Gasteiger partial charge in [-0.3, -0.25) is 14.7 Å². The third-order valence-corrected chi connectivity index (χ3v) is 6.30. The van der Waals surface area contributed by atoms with Gasteiger partial charge in [-0.1, -0.05) is 18.2 Å². The fraction of sp³-hybridized carbons (Fsp3) is 0.250. The molecule has 178 valence electrons. The number of amides is 1. The third-order valence-electron chi connectivity index (χ3n) is 6.30. The number of hydrogen-bond donors (Lipinski definition) is 0. The Balaban J connectivity index is 1.23. The van der Waals surface area contributed by atoms with Gasteiger partial charge in [0, 0.05) is 56.1 Å². The summed E-state index contributed by atoms with van der Waals surface area (Å²) in [6, 6.07) is 21.2. The van der Waals surface area contributed by atoms with Gasteiger partial charge in [0.15, 0.2) is 0 Å². The highest BCUT2D eigenvalue weighted by atomic mass is 16.5. The van der Waals surface area contributed by atoms with Crippen molar-refractivity contribution in [2.24, 2.45) is 0 Å². The maximum atomic E-state index is 13.6. The minimum atomic E-state index is 0.0443. The van der Waals surface area contributed by atoms with Gasteiger partial charge in [0.05, 0.1) is 23.9 Å². The minimum Gasteiger partial charge on any atom is -0.497 e. The third kappa shape index (κ3) is 5.25. The van der Waals surface area contributed by atoms with E-state index in [1.165, 1.54) is 0 Å². The van der Waals surface area contributed by atoms with Gasteiger partial charge in [0.25, 0.3) is 5.91 Å². The Labute approximate surface area is 204 Å². The van der Waals surface area contributed by atoms with Crippen LogP contribution in [0.4, 0.5) is 0 Å². The van der Waals surface area contributed by atoms with E-state index in [2.05, 4.69) is 9.88 Å². The average Bonchev–Trinajstić information content (AvgIpc) is 2.93. The summed E-state index contributed by atoms with van der Waals surface area (Å²) in [6.45, 7) is 4.41. The van der Waals surface area contributed by atoms with Crippen molar-refractivity contribution in [1.82, 2.24) is 19.8 Å². The van der Waals surface area contributed by atoms with Gasteiger partial charge in [-0.05, 0) is 48.5 Å². The Morgan fingerprint density at radius 1 is 0.943 bits per heavy atom. The molecule has 7 heteroatoms. The van der Waals surface area contributed by atoms with E-state index >= 15 is 0 Å². The number of methoxy groups -OCH3 is 1. The van der Waals surface area contributed by atoms with Gasteiger partial charge in [-0.2, -0.15) is 0 Å². The van der Waals surface area contributed by atoms with Crippen molar-refractivity contribution in [3.63, 3.8) is 0 Å². The molecule has 7 nitrogen and oxygen atoms in total. The Morgan fingerprint density at radius 2 is 1.71 bits per heavy atom. The summed E-state index contributed by atoms with van der Waals surface area (Å²) < 4.78 is 11.0. The van der Waals surface area contributed by atoms with Crippen LogP contribution in [0.5, 0.6) is 11.5 Å². The molecule has 2 aromatic heterocycles. The maximum Gasteiger partial charge on any atom is 0.254 e. The van der Waals surface area contributed by atoms with Gasteiger partial charge in [-0.25, -0.2) is 4.98 Å². The number of aromatic nitrogens is 2. The van der Waals surface area contributed by atoms with Crippen molar-refractivity contribution < 1.29 is 14.3 Å². The molecule has 1 aliphatic heterocycles. The molecule has 1 saturated heterocycles. The monoisotopic (exact) mass is 468 g/mol. The molecular weight excluding hydrogens is 440 g/mol. The number of benzene rings is 2. The first-order valence-electron chi connectivity index (χ1n) is 11.8. The predicted octanol–water partition coefficient (Wildman–Crippen LogP) is 4.14. The number of hydrogen-bond acceptors (Lipinski definition) is 6. The van der Waals surface area contributed by atoms with Gasteiger partial charge in [-0.15, -0.1) is 0 Å². The molecule has 3 heterocycles. The molecule has 0 N–H and O–H groups in total. The Kier molecular flexibility index (Phi) is 6.86. The number of nitrogens with zero attached hydrogens (tertiary/aromatic N) is 4. The summed E-state index contributed by atoms with van der Waals surface area (Å²) in [5.41, 5.74) is 3.15. The SMILES string of the molecule is COc1ccc(OCCN2CCN(C(=O)c3cc(-c4cccnc4)nc4ccccc34)CC2)cc1. The number of fused-ring (bicyclic) bond motifs is 1. The first kappa shape index (κ1) is 22.8. The van der Waals surface area contributed by atoms with E-state index in [1.54, 1.807) is 19.5 Å². The molecule has 0 bridgehead atoms. The maximum absolute atomic E-state index is 13.6. The molecule has 5 rings (SSSR count). The summed E-state index contributed by atoms with van der Waals surface area (Å²) in [6.07, 6.45) is 3.51. The van der Waals surface area contributed by atoms with Crippen LogP contribution in [0.1, 0.15) is 10.4 Å². The Hall–Kier alpha value is -3.97. The van der Waals surface area contributed by atoms with Gasteiger partial charge in [0.1, 0.15) is 18.1 Å². The van der Waals surface area contributed by atoms with Crippen LogP contribution in [0.3, 0.4) is 0 Å². The van der Waals surface area contributed by atoms with Crippen LogP contribution in [0.25, 0.3) is 22.2 Å². The van der Waals surface area contributed by atoms with Crippen LogP contribution in [0.2, 0.25) is 0 Å². The van der Waals surface area contributed by atoms with Gasteiger partial charge >= 0.3 is 0 Å². The number of carbonyl (C=O) groups is 1. The van der Waals surface area contributed by atoms with Crippen LogP contribution in [-0.2, 0) is 0 Å². The van der Waals surface area contributed by atoms with Gasteiger partial charge in [0.2, 0.25) is 0 Å². The van der Waals surface area contributed by atoms with Crippen LogP contribution < -0.4 is 9.47 Å². The summed E-state index contributed by atoms with van der Waals surface area (Å²) in [5.74, 6) is 1.68. The fourth-order valence-corrected chi connectivity index (χ4v) is 4.32. The van der Waals surface area contributed by atoms with Crippen LogP contribution in [0.15, 0.2) is 79.1 Å². The van der Waals surface area contributed by atoms with Crippen LogP contribution in [0, 0.1) is 0 Å². The second-order valence-electron chi connectivity index (χ2n) is 8.47. The summed E-state index contributed by atoms with van der Waals surface area (Å²) in [5, 5.41) is 0.875. The normalized spacial score (nSPS) is 14.1. The fourth-order valence-electron chi connectivity index (χ4n) is 4.32. The molecule has 0 radical (unpaired) electrons. The van der Waals surface area contributed by atoms with E-state index in [-0.39, 0.29) is 5.91 Å². The minimum absolute atomic E-state index is 0.0443. The highest BCUT2D eigenvalue weighted by molar-refractivity contribution is 6.07. The highest BCUT2D eigenvalue weighted by Crippen LogP contribution is 2.26. The second-order valence-corrected chi connectivity index (χ2v) is 8.47. The molecule has 0 saturated carbocycles. The molecule has 35 heavy (non-hydrogen) atoms. The Morgan fingerprint density at radius 3 is 2.46 bits per heavy atom. The molecule has 2 aromatic carbocycles. The molecule has 0 spiro atoms. The topological polar surface area (TPSA) is 67.8 Å². The molecule has 4 aromatic rings. The Bertz CT molecular complexity index is 1290. The lowest BCUT2D eigenvalue weighted by Crippen LogP contribution is -2.49. The zero-order chi connectivity index (χ0) is 24.0. The first-order chi connectivity index (χ1) is 17.2. The van der Waals surface area contributed by atoms with E-state index in [9.17, 15) is 4.79 Å². The summed E-state index contributed by atoms with van der Waals surface area (Å²) in [7, 11) is 1.65. The molecule has 1 fully saturated rings. The number of carbonyl (C=O) groups excluding carboxylic acids is 1. The number of ether oxygens (including phenoxy) is 2. The standard InChI is InChI=1S/C28H28N4O3/c1-34-22-8-10-23(11-9-22)35-18-17-31-13-15-32(16-14-31)28(33)25-19-27(21-5-4-12-29-20-21)30-26-7-3-2-6-24(25)26/h2-12,19-20H,13-18H2,1H3. The van der Waals surface area contributed by atoms with Crippen molar-refractivity contribution in [1.29, 1.82) is 0 Å². The lowest BCUT2D eigenvalue weighted by molar-refractivity contribution is 0.0622. The van der Waals surface area contributed by atoms with Crippen molar-refractivity contribution in [2.45, 2.75) is 0 Å². The van der Waals surface area contributed by atoms with Crippen molar-refractivity contribution in [3.8, 4) is 22.8 Å². The second kappa shape index (κ2) is 10.5. The molecular formula is C28H28N4O3. The molecule has 0 atom stereocenters. The molecule has 0 unspecified atom stereocenters. The molecule has 0 aliphatic carbocycles. The number of piperazine rings is 1. The smallest absolute Gasteiger partial charge is 0.254 e. The summed E-state index contributed by atoms with van der Waals surface area (Å²) in [4.78, 5) is 26.8. The van der Waals surface area contributed by atoms with Crippen LogP contribution in [-0.4, -0.2) is 72.1 Å². The van der Waals surface area contributed by atoms with E-state index in [4.69, 9.17) is 14.5 Å². The van der Waals surface area contributed by atoms with Crippen molar-refractivity contribution in [2.75, 3.05) is 46.4 Å². The largest absolute Gasteiger partial charge is 0.497 e. The molecule has 1 amide bonds. The van der Waals surface area contributed by atoms with Crippen molar-refractivity contribution in [3.05, 3.63) is 84.7 Å². The lowest BCUT2D eigenvalue weighted by atomic mass is 10.0. The van der Waals surface area contributed by atoms with E-state index in [1.807, 2.05) is 71.6 Å². The van der Waals surface area contributed by atoms with Gasteiger partial charge < -0.3 is 14.4 Å². The molecule has 1 aliphatic rings. The van der Waals surface area contributed by atoms with Crippen LogP contribution >= 0.6 is 0 Å². The average molecular weight is 469 g/mol.